The summed E-state index contributed by atoms with van der Waals surface area (Å²) in [5, 5.41) is 0.824. The Kier molecular flexibility index (Phi) is 2.26. The van der Waals surface area contributed by atoms with Crippen LogP contribution >= 0.6 is 0 Å². The summed E-state index contributed by atoms with van der Waals surface area (Å²) in [7, 11) is 0. The lowest BCUT2D eigenvalue weighted by Crippen LogP contribution is -2.37. The highest BCUT2D eigenvalue weighted by Gasteiger charge is 2.24. The van der Waals surface area contributed by atoms with Crippen molar-refractivity contribution in [1.82, 2.24) is 4.98 Å². The average molecular weight is 232 g/mol. The predicted molar refractivity (Wildman–Crippen MR) is 62.7 cm³/mol. The number of H-pyrrole nitrogens is 1. The van der Waals surface area contributed by atoms with Crippen LogP contribution < -0.4 is 5.73 Å². The fourth-order valence-electron chi connectivity index (χ4n) is 1.81. The number of carbonyl (C=O) groups excluding carboxylic acids is 1. The number of aromatic nitrogens is 1. The SMILES string of the molecule is Nc1ccc2c(C(=O)OC3COC3)c[nH]c2c1. The molecule has 1 fully saturated rings. The number of anilines is 1. The third-order valence-electron chi connectivity index (χ3n) is 2.81. The number of fused-ring (bicyclic) bond motifs is 1. The van der Waals surface area contributed by atoms with Crippen molar-refractivity contribution in [2.75, 3.05) is 18.9 Å². The molecule has 0 amide bonds. The molecule has 3 rings (SSSR count). The molecule has 17 heavy (non-hydrogen) atoms. The number of nitrogens with one attached hydrogen (secondary N) is 1. The number of esters is 1. The summed E-state index contributed by atoms with van der Waals surface area (Å²) in [5.74, 6) is -0.325. The van der Waals surface area contributed by atoms with E-state index in [0.29, 0.717) is 24.5 Å². The molecule has 3 N–H and O–H groups in total. The van der Waals surface area contributed by atoms with Crippen LogP contribution in [0.4, 0.5) is 5.69 Å². The van der Waals surface area contributed by atoms with Crippen LogP contribution in [0.2, 0.25) is 0 Å². The predicted octanol–water partition coefficient (Wildman–Crippen LogP) is 1.31. The first kappa shape index (κ1) is 10.2. The van der Waals surface area contributed by atoms with Crippen LogP contribution in [-0.4, -0.2) is 30.3 Å². The van der Waals surface area contributed by atoms with Gasteiger partial charge in [-0.1, -0.05) is 0 Å². The van der Waals surface area contributed by atoms with Gasteiger partial charge in [-0.25, -0.2) is 4.79 Å². The third-order valence-corrected chi connectivity index (χ3v) is 2.81. The van der Waals surface area contributed by atoms with Gasteiger partial charge in [0.2, 0.25) is 0 Å². The molecule has 88 valence electrons. The lowest BCUT2D eigenvalue weighted by Gasteiger charge is -2.25. The molecule has 2 aromatic rings. The van der Waals surface area contributed by atoms with Crippen molar-refractivity contribution in [3.8, 4) is 0 Å². The van der Waals surface area contributed by atoms with Crippen molar-refractivity contribution in [1.29, 1.82) is 0 Å². The Hall–Kier alpha value is -2.01. The van der Waals surface area contributed by atoms with Crippen molar-refractivity contribution >= 4 is 22.6 Å². The highest BCUT2D eigenvalue weighted by atomic mass is 16.6. The van der Waals surface area contributed by atoms with Gasteiger partial charge in [0.05, 0.1) is 18.8 Å². The monoisotopic (exact) mass is 232 g/mol. The van der Waals surface area contributed by atoms with E-state index in [-0.39, 0.29) is 12.1 Å². The number of benzene rings is 1. The van der Waals surface area contributed by atoms with Gasteiger partial charge in [-0.2, -0.15) is 0 Å². The maximum atomic E-state index is 11.9. The second kappa shape index (κ2) is 3.78. The van der Waals surface area contributed by atoms with Crippen molar-refractivity contribution in [2.45, 2.75) is 6.10 Å². The number of aromatic amines is 1. The van der Waals surface area contributed by atoms with Crippen LogP contribution in [0.5, 0.6) is 0 Å². The number of ether oxygens (including phenoxy) is 2. The summed E-state index contributed by atoms with van der Waals surface area (Å²) in [6.07, 6.45) is 1.53. The third kappa shape index (κ3) is 1.74. The minimum Gasteiger partial charge on any atom is -0.454 e. The molecule has 5 nitrogen and oxygen atoms in total. The summed E-state index contributed by atoms with van der Waals surface area (Å²) >= 11 is 0. The van der Waals surface area contributed by atoms with Crippen LogP contribution in [0.15, 0.2) is 24.4 Å². The van der Waals surface area contributed by atoms with Gasteiger partial charge in [-0.15, -0.1) is 0 Å². The number of rotatable bonds is 2. The zero-order valence-electron chi connectivity index (χ0n) is 9.10. The number of nitrogens with two attached hydrogens (primary N) is 1. The van der Waals surface area contributed by atoms with Gasteiger partial charge in [0.15, 0.2) is 0 Å². The Morgan fingerprint density at radius 2 is 2.29 bits per heavy atom. The van der Waals surface area contributed by atoms with Crippen LogP contribution in [-0.2, 0) is 9.47 Å². The molecule has 0 radical (unpaired) electrons. The summed E-state index contributed by atoms with van der Waals surface area (Å²) in [5.41, 5.74) is 7.70. The van der Waals surface area contributed by atoms with E-state index >= 15 is 0 Å². The van der Waals surface area contributed by atoms with Gasteiger partial charge in [0.25, 0.3) is 0 Å². The molecule has 0 bridgehead atoms. The molecule has 1 aromatic carbocycles. The van der Waals surface area contributed by atoms with Crippen LogP contribution in [0.3, 0.4) is 0 Å². The maximum Gasteiger partial charge on any atom is 0.340 e. The van der Waals surface area contributed by atoms with E-state index in [1.165, 1.54) is 0 Å². The fraction of sp³-hybridized carbons (Fsp3) is 0.250. The van der Waals surface area contributed by atoms with Crippen molar-refractivity contribution < 1.29 is 14.3 Å². The minimum absolute atomic E-state index is 0.110. The standard InChI is InChI=1S/C12H12N2O3/c13-7-1-2-9-10(4-14-11(9)3-7)12(15)17-8-5-16-6-8/h1-4,8,14H,5-6,13H2. The van der Waals surface area contributed by atoms with E-state index in [9.17, 15) is 4.79 Å². The number of hydrogen-bond donors (Lipinski definition) is 2. The van der Waals surface area contributed by atoms with Crippen LogP contribution in [0, 0.1) is 0 Å². The average Bonchev–Trinajstić information content (AvgIpc) is 2.66. The highest BCUT2D eigenvalue weighted by Crippen LogP contribution is 2.22. The van der Waals surface area contributed by atoms with Gasteiger partial charge >= 0.3 is 5.97 Å². The van der Waals surface area contributed by atoms with Crippen molar-refractivity contribution in [3.63, 3.8) is 0 Å². The molecule has 1 aliphatic rings. The van der Waals surface area contributed by atoms with E-state index in [1.54, 1.807) is 18.3 Å². The van der Waals surface area contributed by atoms with E-state index in [0.717, 1.165) is 10.9 Å². The maximum absolute atomic E-state index is 11.9. The highest BCUT2D eigenvalue weighted by molar-refractivity contribution is 6.04. The molecule has 0 saturated carbocycles. The van der Waals surface area contributed by atoms with E-state index in [1.807, 2.05) is 6.07 Å². The molecular formula is C12H12N2O3. The lowest BCUT2D eigenvalue weighted by molar-refractivity contribution is -0.103. The smallest absolute Gasteiger partial charge is 0.340 e. The molecule has 0 spiro atoms. The second-order valence-electron chi connectivity index (χ2n) is 4.07. The van der Waals surface area contributed by atoms with E-state index < -0.39 is 0 Å². The fourth-order valence-corrected chi connectivity index (χ4v) is 1.81. The minimum atomic E-state index is -0.325. The molecule has 1 saturated heterocycles. The quantitative estimate of drug-likeness (QED) is 0.604. The number of carbonyl (C=O) groups is 1. The van der Waals surface area contributed by atoms with Crippen LogP contribution in [0.1, 0.15) is 10.4 Å². The van der Waals surface area contributed by atoms with Gasteiger partial charge in [-0.3, -0.25) is 0 Å². The largest absolute Gasteiger partial charge is 0.454 e. The normalized spacial score (nSPS) is 15.8. The Morgan fingerprint density at radius 3 is 3.00 bits per heavy atom. The Labute approximate surface area is 97.5 Å². The molecule has 2 heterocycles. The Bertz CT molecular complexity index is 572. The number of hydrogen-bond acceptors (Lipinski definition) is 4. The Balaban J connectivity index is 1.91. The lowest BCUT2D eigenvalue weighted by atomic mass is 10.1. The molecule has 0 atom stereocenters. The summed E-state index contributed by atoms with van der Waals surface area (Å²) in [4.78, 5) is 14.9. The second-order valence-corrected chi connectivity index (χ2v) is 4.07. The van der Waals surface area contributed by atoms with Gasteiger partial charge in [0.1, 0.15) is 6.10 Å². The molecule has 1 aromatic heterocycles. The van der Waals surface area contributed by atoms with E-state index in [2.05, 4.69) is 4.98 Å². The first-order valence-corrected chi connectivity index (χ1v) is 5.39. The van der Waals surface area contributed by atoms with E-state index in [4.69, 9.17) is 15.2 Å². The topological polar surface area (TPSA) is 77.3 Å². The Morgan fingerprint density at radius 1 is 1.47 bits per heavy atom. The molecule has 5 heteroatoms. The summed E-state index contributed by atoms with van der Waals surface area (Å²) < 4.78 is 10.2. The van der Waals surface area contributed by atoms with Crippen molar-refractivity contribution in [3.05, 3.63) is 30.0 Å². The zero-order valence-corrected chi connectivity index (χ0v) is 9.10. The zero-order chi connectivity index (χ0) is 11.8. The van der Waals surface area contributed by atoms with Gasteiger partial charge in [-0.05, 0) is 18.2 Å². The first-order valence-electron chi connectivity index (χ1n) is 5.39. The summed E-state index contributed by atoms with van der Waals surface area (Å²) in [6, 6.07) is 5.37. The number of nitrogen functional groups attached to an aromatic ring is 1. The first-order chi connectivity index (χ1) is 8.24. The van der Waals surface area contributed by atoms with Gasteiger partial charge < -0.3 is 20.2 Å². The molecular weight excluding hydrogens is 220 g/mol. The molecule has 0 unspecified atom stereocenters. The molecule has 0 aliphatic carbocycles. The molecule has 1 aliphatic heterocycles. The van der Waals surface area contributed by atoms with Crippen molar-refractivity contribution in [2.24, 2.45) is 0 Å². The van der Waals surface area contributed by atoms with Gasteiger partial charge in [0, 0.05) is 22.8 Å². The van der Waals surface area contributed by atoms with Crippen LogP contribution in [0.25, 0.3) is 10.9 Å². The summed E-state index contributed by atoms with van der Waals surface area (Å²) in [6.45, 7) is 0.974.